The first-order valence-corrected chi connectivity index (χ1v) is 5.45. The average molecular weight is 226 g/mol. The zero-order valence-electron chi connectivity index (χ0n) is 9.37. The fourth-order valence-corrected chi connectivity index (χ4v) is 1.83. The summed E-state index contributed by atoms with van der Waals surface area (Å²) in [6, 6.07) is 12.6. The first kappa shape index (κ1) is 10.0. The van der Waals surface area contributed by atoms with Crippen molar-refractivity contribution in [1.29, 1.82) is 0 Å². The molecule has 0 aliphatic rings. The molecule has 0 amide bonds. The molecule has 0 aliphatic carbocycles. The maximum atomic E-state index is 13.1. The molecule has 17 heavy (non-hydrogen) atoms. The number of hydrogen-bond donors (Lipinski definition) is 1. The van der Waals surface area contributed by atoms with Gasteiger partial charge in [0.25, 0.3) is 0 Å². The number of hydrogen-bond acceptors (Lipinski definition) is 1. The van der Waals surface area contributed by atoms with E-state index in [-0.39, 0.29) is 5.82 Å². The number of aromatic amines is 1. The number of H-pyrrole nitrogens is 1. The number of nitrogens with one attached hydrogen (secondary N) is 1. The molecule has 3 rings (SSSR count). The lowest BCUT2D eigenvalue weighted by molar-refractivity contribution is 0.629. The Morgan fingerprint density at radius 3 is 2.59 bits per heavy atom. The van der Waals surface area contributed by atoms with Gasteiger partial charge in [-0.25, -0.2) is 9.37 Å². The molecule has 2 nitrogen and oxygen atoms in total. The first-order valence-electron chi connectivity index (χ1n) is 5.45. The molecule has 3 aromatic rings. The van der Waals surface area contributed by atoms with Crippen LogP contribution in [0, 0.1) is 12.7 Å². The lowest BCUT2D eigenvalue weighted by Gasteiger charge is -1.96. The van der Waals surface area contributed by atoms with Gasteiger partial charge in [0, 0.05) is 5.56 Å². The predicted octanol–water partition coefficient (Wildman–Crippen LogP) is 3.68. The van der Waals surface area contributed by atoms with E-state index in [0.29, 0.717) is 0 Å². The molecule has 0 unspecified atom stereocenters. The van der Waals surface area contributed by atoms with Gasteiger partial charge in [-0.2, -0.15) is 0 Å². The second-order valence-corrected chi connectivity index (χ2v) is 4.11. The SMILES string of the molecule is Cc1ccc(-c2nc3ccc(F)cc3[nH]2)cc1. The van der Waals surface area contributed by atoms with Crippen molar-refractivity contribution < 1.29 is 4.39 Å². The van der Waals surface area contributed by atoms with Gasteiger partial charge >= 0.3 is 0 Å². The highest BCUT2D eigenvalue weighted by Gasteiger charge is 2.05. The predicted molar refractivity (Wildman–Crippen MR) is 66.2 cm³/mol. The summed E-state index contributed by atoms with van der Waals surface area (Å²) in [6.07, 6.45) is 0. The van der Waals surface area contributed by atoms with Gasteiger partial charge in [0.15, 0.2) is 0 Å². The Balaban J connectivity index is 2.14. The number of benzene rings is 2. The topological polar surface area (TPSA) is 28.7 Å². The van der Waals surface area contributed by atoms with Crippen molar-refractivity contribution in [2.24, 2.45) is 0 Å². The molecule has 3 heteroatoms. The Kier molecular flexibility index (Phi) is 2.18. The lowest BCUT2D eigenvalue weighted by Crippen LogP contribution is -1.80. The van der Waals surface area contributed by atoms with Crippen LogP contribution in [0.2, 0.25) is 0 Å². The van der Waals surface area contributed by atoms with Crippen LogP contribution in [0.4, 0.5) is 4.39 Å². The molecular formula is C14H11FN2. The van der Waals surface area contributed by atoms with Crippen LogP contribution in [0.3, 0.4) is 0 Å². The highest BCUT2D eigenvalue weighted by molar-refractivity contribution is 5.79. The van der Waals surface area contributed by atoms with E-state index in [1.54, 1.807) is 6.07 Å². The van der Waals surface area contributed by atoms with E-state index in [1.165, 1.54) is 17.7 Å². The Morgan fingerprint density at radius 2 is 1.82 bits per heavy atom. The third-order valence-corrected chi connectivity index (χ3v) is 2.77. The molecule has 0 bridgehead atoms. The van der Waals surface area contributed by atoms with Crippen LogP contribution in [-0.4, -0.2) is 9.97 Å². The first-order chi connectivity index (χ1) is 8.22. The third-order valence-electron chi connectivity index (χ3n) is 2.77. The molecule has 2 aromatic carbocycles. The molecule has 0 spiro atoms. The van der Waals surface area contributed by atoms with E-state index in [0.717, 1.165) is 22.4 Å². The maximum absolute atomic E-state index is 13.1. The smallest absolute Gasteiger partial charge is 0.138 e. The van der Waals surface area contributed by atoms with E-state index in [1.807, 2.05) is 31.2 Å². The normalized spacial score (nSPS) is 10.9. The van der Waals surface area contributed by atoms with Crippen LogP contribution in [-0.2, 0) is 0 Å². The van der Waals surface area contributed by atoms with Crippen molar-refractivity contribution >= 4 is 11.0 Å². The monoisotopic (exact) mass is 226 g/mol. The molecule has 1 aromatic heterocycles. The number of nitrogens with zero attached hydrogens (tertiary/aromatic N) is 1. The second-order valence-electron chi connectivity index (χ2n) is 4.11. The molecule has 0 saturated heterocycles. The summed E-state index contributed by atoms with van der Waals surface area (Å²) in [7, 11) is 0. The molecule has 0 fully saturated rings. The quantitative estimate of drug-likeness (QED) is 0.673. The summed E-state index contributed by atoms with van der Waals surface area (Å²) < 4.78 is 13.1. The molecule has 1 heterocycles. The highest BCUT2D eigenvalue weighted by atomic mass is 19.1. The zero-order valence-corrected chi connectivity index (χ0v) is 9.37. The maximum Gasteiger partial charge on any atom is 0.138 e. The van der Waals surface area contributed by atoms with E-state index in [9.17, 15) is 4.39 Å². The highest BCUT2D eigenvalue weighted by Crippen LogP contribution is 2.21. The number of fused-ring (bicyclic) bond motifs is 1. The molecular weight excluding hydrogens is 215 g/mol. The van der Waals surface area contributed by atoms with Crippen molar-refractivity contribution in [3.8, 4) is 11.4 Å². The summed E-state index contributed by atoms with van der Waals surface area (Å²) in [6.45, 7) is 2.04. The van der Waals surface area contributed by atoms with Crippen LogP contribution >= 0.6 is 0 Å². The molecule has 0 radical (unpaired) electrons. The van der Waals surface area contributed by atoms with Gasteiger partial charge < -0.3 is 4.98 Å². The number of rotatable bonds is 1. The van der Waals surface area contributed by atoms with Crippen LogP contribution in [0.5, 0.6) is 0 Å². The van der Waals surface area contributed by atoms with Gasteiger partial charge in [0.05, 0.1) is 11.0 Å². The Hall–Kier alpha value is -2.16. The van der Waals surface area contributed by atoms with Gasteiger partial charge in [-0.15, -0.1) is 0 Å². The number of halogens is 1. The van der Waals surface area contributed by atoms with Crippen molar-refractivity contribution in [2.45, 2.75) is 6.92 Å². The second kappa shape index (κ2) is 3.70. The van der Waals surface area contributed by atoms with Crippen molar-refractivity contribution in [2.75, 3.05) is 0 Å². The number of imidazole rings is 1. The van der Waals surface area contributed by atoms with Crippen molar-refractivity contribution in [3.63, 3.8) is 0 Å². The fourth-order valence-electron chi connectivity index (χ4n) is 1.83. The van der Waals surface area contributed by atoms with Crippen LogP contribution in [0.15, 0.2) is 42.5 Å². The van der Waals surface area contributed by atoms with Gasteiger partial charge in [-0.1, -0.05) is 29.8 Å². The molecule has 1 N–H and O–H groups in total. The summed E-state index contributed by atoms with van der Waals surface area (Å²) >= 11 is 0. The van der Waals surface area contributed by atoms with Gasteiger partial charge in [0.2, 0.25) is 0 Å². The summed E-state index contributed by atoms with van der Waals surface area (Å²) in [5.74, 6) is 0.516. The fraction of sp³-hybridized carbons (Fsp3) is 0.0714. The number of aryl methyl sites for hydroxylation is 1. The van der Waals surface area contributed by atoms with Crippen LogP contribution < -0.4 is 0 Å². The van der Waals surface area contributed by atoms with Crippen LogP contribution in [0.25, 0.3) is 22.4 Å². The Bertz CT molecular complexity index is 668. The minimum Gasteiger partial charge on any atom is -0.338 e. The summed E-state index contributed by atoms with van der Waals surface area (Å²) in [5, 5.41) is 0. The van der Waals surface area contributed by atoms with E-state index in [2.05, 4.69) is 9.97 Å². The molecule has 0 saturated carbocycles. The van der Waals surface area contributed by atoms with Gasteiger partial charge in [0.1, 0.15) is 11.6 Å². The Labute approximate surface area is 98.1 Å². The molecule has 0 atom stereocenters. The van der Waals surface area contributed by atoms with E-state index < -0.39 is 0 Å². The van der Waals surface area contributed by atoms with Gasteiger partial charge in [-0.3, -0.25) is 0 Å². The van der Waals surface area contributed by atoms with Gasteiger partial charge in [-0.05, 0) is 25.1 Å². The molecule has 84 valence electrons. The zero-order chi connectivity index (χ0) is 11.8. The standard InChI is InChI=1S/C14H11FN2/c1-9-2-4-10(5-3-9)14-16-12-7-6-11(15)8-13(12)17-14/h2-8H,1H3,(H,16,17). The Morgan fingerprint density at radius 1 is 1.06 bits per heavy atom. The van der Waals surface area contributed by atoms with Crippen molar-refractivity contribution in [1.82, 2.24) is 9.97 Å². The summed E-state index contributed by atoms with van der Waals surface area (Å²) in [5.41, 5.74) is 3.71. The minimum atomic E-state index is -0.253. The largest absolute Gasteiger partial charge is 0.338 e. The molecule has 0 aliphatic heterocycles. The lowest BCUT2D eigenvalue weighted by atomic mass is 10.1. The minimum absolute atomic E-state index is 0.253. The van der Waals surface area contributed by atoms with Crippen molar-refractivity contribution in [3.05, 3.63) is 53.8 Å². The average Bonchev–Trinajstić information content (AvgIpc) is 2.72. The summed E-state index contributed by atoms with van der Waals surface area (Å²) in [4.78, 5) is 7.55. The van der Waals surface area contributed by atoms with Crippen LogP contribution in [0.1, 0.15) is 5.56 Å². The third kappa shape index (κ3) is 1.80. The van der Waals surface area contributed by atoms with E-state index in [4.69, 9.17) is 0 Å². The van der Waals surface area contributed by atoms with E-state index >= 15 is 0 Å². The number of aromatic nitrogens is 2.